The fourth-order valence-electron chi connectivity index (χ4n) is 0.419. The maximum atomic E-state index is 10.3. The van der Waals surface area contributed by atoms with E-state index in [1.165, 1.54) is 12.3 Å². The second-order valence-corrected chi connectivity index (χ2v) is 1.38. The molecule has 1 aromatic rings. The predicted octanol–water partition coefficient (Wildman–Crippen LogP) is 0.0831. The van der Waals surface area contributed by atoms with Crippen molar-refractivity contribution in [1.29, 1.82) is 0 Å². The Morgan fingerprint density at radius 2 is 2.11 bits per heavy atom. The number of aromatic nitrogens is 1. The van der Waals surface area contributed by atoms with Crippen LogP contribution in [0.1, 0.15) is 0 Å². The summed E-state index contributed by atoms with van der Waals surface area (Å²) in [5.41, 5.74) is -0.410. The first-order chi connectivity index (χ1) is 3.80. The van der Waals surface area contributed by atoms with Gasteiger partial charge in [-0.2, -0.15) is 4.73 Å². The van der Waals surface area contributed by atoms with E-state index in [9.17, 15) is 4.79 Å². The van der Waals surface area contributed by atoms with Crippen LogP contribution in [0.25, 0.3) is 0 Å². The Morgan fingerprint density at radius 1 is 1.44 bits per heavy atom. The van der Waals surface area contributed by atoms with E-state index in [1.807, 2.05) is 0 Å². The summed E-state index contributed by atoms with van der Waals surface area (Å²) < 4.78 is 0.528. The maximum Gasteiger partial charge on any atom is 3.00 e. The fourth-order valence-corrected chi connectivity index (χ4v) is 0.419. The first kappa shape index (κ1) is 8.27. The Balaban J connectivity index is 0.000000640. The molecule has 0 saturated carbocycles. The van der Waals surface area contributed by atoms with Gasteiger partial charge in [0.05, 0.1) is 0 Å². The summed E-state index contributed by atoms with van der Waals surface area (Å²) in [6.45, 7) is 0. The topological polar surface area (TPSA) is 42.2 Å². The maximum absolute atomic E-state index is 10.3. The van der Waals surface area contributed by atoms with Crippen LogP contribution in [0.2, 0.25) is 0 Å². The molecule has 0 bridgehead atoms. The van der Waals surface area contributed by atoms with Gasteiger partial charge < -0.3 is 5.21 Å². The molecule has 1 aromatic heterocycles. The van der Waals surface area contributed by atoms with Crippen molar-refractivity contribution in [3.63, 3.8) is 0 Å². The summed E-state index contributed by atoms with van der Waals surface area (Å²) in [6.07, 6.45) is 1.28. The third-order valence-corrected chi connectivity index (χ3v) is 0.803. The molecule has 0 aliphatic heterocycles. The summed E-state index contributed by atoms with van der Waals surface area (Å²) in [4.78, 5) is 10.3. The van der Waals surface area contributed by atoms with E-state index in [0.717, 1.165) is 0 Å². The zero-order valence-electron chi connectivity index (χ0n) is 4.47. The van der Waals surface area contributed by atoms with Crippen LogP contribution in [0.5, 0.6) is 0 Å². The standard InChI is InChI=1S/C5H5NO2.Fe/c7-5-3-1-2-4-6(5)8;/h1-4,8H;/q;+3. The molecule has 0 spiro atoms. The molecule has 47 valence electrons. The molecule has 0 amide bonds. The van der Waals surface area contributed by atoms with Gasteiger partial charge in [0, 0.05) is 12.3 Å². The second-order valence-electron chi connectivity index (χ2n) is 1.38. The van der Waals surface area contributed by atoms with Crippen molar-refractivity contribution in [2.24, 2.45) is 0 Å². The van der Waals surface area contributed by atoms with Gasteiger partial charge in [-0.15, -0.1) is 0 Å². The Labute approximate surface area is 62.4 Å². The molecule has 0 aliphatic carbocycles. The summed E-state index contributed by atoms with van der Waals surface area (Å²) >= 11 is 0. The smallest absolute Gasteiger partial charge is 0.425 e. The van der Waals surface area contributed by atoms with Crippen molar-refractivity contribution in [3.8, 4) is 0 Å². The average Bonchev–Trinajstić information content (AvgIpc) is 1.77. The van der Waals surface area contributed by atoms with Crippen molar-refractivity contribution in [1.82, 2.24) is 4.73 Å². The quantitative estimate of drug-likeness (QED) is 0.439. The fraction of sp³-hybridized carbons (Fsp3) is 0. The molecule has 0 atom stereocenters. The van der Waals surface area contributed by atoms with Crippen molar-refractivity contribution in [3.05, 3.63) is 34.7 Å². The molecule has 1 heterocycles. The van der Waals surface area contributed by atoms with Crippen LogP contribution in [0.4, 0.5) is 0 Å². The summed E-state index contributed by atoms with van der Waals surface area (Å²) in [6, 6.07) is 4.41. The SMILES string of the molecule is O=c1ccccn1O.[Fe+3]. The van der Waals surface area contributed by atoms with Crippen LogP contribution >= 0.6 is 0 Å². The van der Waals surface area contributed by atoms with Gasteiger partial charge in [0.1, 0.15) is 0 Å². The third-order valence-electron chi connectivity index (χ3n) is 0.803. The summed E-state index contributed by atoms with van der Waals surface area (Å²) in [5, 5.41) is 8.52. The van der Waals surface area contributed by atoms with Crippen molar-refractivity contribution < 1.29 is 22.3 Å². The van der Waals surface area contributed by atoms with Gasteiger partial charge in [-0.25, -0.2) is 0 Å². The Hall–Kier alpha value is -0.731. The molecular formula is C5H5FeNO2+3. The molecule has 0 aromatic carbocycles. The van der Waals surface area contributed by atoms with Crippen molar-refractivity contribution >= 4 is 0 Å². The van der Waals surface area contributed by atoms with Gasteiger partial charge in [0.15, 0.2) is 0 Å². The second kappa shape index (κ2) is 3.33. The molecule has 0 fully saturated rings. The molecule has 9 heavy (non-hydrogen) atoms. The van der Waals surface area contributed by atoms with Crippen LogP contribution in [-0.2, 0) is 17.1 Å². The number of hydrogen-bond acceptors (Lipinski definition) is 2. The molecule has 0 aliphatic rings. The number of hydrogen-bond donors (Lipinski definition) is 1. The van der Waals surface area contributed by atoms with Gasteiger partial charge in [-0.3, -0.25) is 4.79 Å². The van der Waals surface area contributed by atoms with Gasteiger partial charge in [0.25, 0.3) is 5.56 Å². The monoisotopic (exact) mass is 167 g/mol. The van der Waals surface area contributed by atoms with Gasteiger partial charge in [0.2, 0.25) is 0 Å². The summed E-state index contributed by atoms with van der Waals surface area (Å²) in [5.74, 6) is 0. The molecular weight excluding hydrogens is 162 g/mol. The third kappa shape index (κ3) is 1.91. The van der Waals surface area contributed by atoms with Crippen LogP contribution in [-0.4, -0.2) is 9.94 Å². The van der Waals surface area contributed by atoms with Gasteiger partial charge in [-0.1, -0.05) is 6.07 Å². The van der Waals surface area contributed by atoms with Crippen LogP contribution in [0.3, 0.4) is 0 Å². The number of nitrogens with zero attached hydrogens (tertiary/aromatic N) is 1. The van der Waals surface area contributed by atoms with Crippen molar-refractivity contribution in [2.45, 2.75) is 0 Å². The largest absolute Gasteiger partial charge is 3.00 e. The minimum atomic E-state index is -0.410. The van der Waals surface area contributed by atoms with Crippen LogP contribution in [0.15, 0.2) is 29.2 Å². The molecule has 3 nitrogen and oxygen atoms in total. The Morgan fingerprint density at radius 3 is 2.44 bits per heavy atom. The minimum absolute atomic E-state index is 0. The average molecular weight is 167 g/mol. The first-order valence-corrected chi connectivity index (χ1v) is 2.17. The molecule has 0 saturated heterocycles. The van der Waals surface area contributed by atoms with Gasteiger partial charge in [-0.05, 0) is 6.07 Å². The zero-order valence-corrected chi connectivity index (χ0v) is 5.57. The number of pyridine rings is 1. The van der Waals surface area contributed by atoms with Crippen LogP contribution in [0, 0.1) is 0 Å². The zero-order chi connectivity index (χ0) is 5.98. The normalized spacial score (nSPS) is 8.00. The minimum Gasteiger partial charge on any atom is -0.425 e. The molecule has 1 radical (unpaired) electrons. The van der Waals surface area contributed by atoms with Crippen molar-refractivity contribution in [2.75, 3.05) is 0 Å². The van der Waals surface area contributed by atoms with E-state index in [2.05, 4.69) is 0 Å². The van der Waals surface area contributed by atoms with E-state index >= 15 is 0 Å². The van der Waals surface area contributed by atoms with E-state index in [4.69, 9.17) is 5.21 Å². The van der Waals surface area contributed by atoms with E-state index in [0.29, 0.717) is 4.73 Å². The molecule has 1 rings (SSSR count). The van der Waals surface area contributed by atoms with Crippen LogP contribution < -0.4 is 5.56 Å². The molecule has 4 heteroatoms. The first-order valence-electron chi connectivity index (χ1n) is 2.17. The Bertz CT molecular complexity index is 232. The summed E-state index contributed by atoms with van der Waals surface area (Å²) in [7, 11) is 0. The van der Waals surface area contributed by atoms with E-state index in [-0.39, 0.29) is 17.1 Å². The number of rotatable bonds is 0. The molecule has 1 N–H and O–H groups in total. The predicted molar refractivity (Wildman–Crippen MR) is 27.9 cm³/mol. The van der Waals surface area contributed by atoms with E-state index in [1.54, 1.807) is 12.1 Å². The molecule has 0 unspecified atom stereocenters. The van der Waals surface area contributed by atoms with Gasteiger partial charge >= 0.3 is 17.1 Å². The Kier molecular flexibility index (Phi) is 3.06. The van der Waals surface area contributed by atoms with E-state index < -0.39 is 5.56 Å².